The quantitative estimate of drug-likeness (QED) is 0.273. The Hall–Kier alpha value is -3.95. The SMILES string of the molecule is NCc1n[nH]c(=O)c2ccc(C3(C(=O)N(Cc4ncc(Br)c5ccccc45)C4CCCc5cccnc54)CC3)cc12. The van der Waals surface area contributed by atoms with Crippen molar-refractivity contribution in [2.45, 2.75) is 56.7 Å². The molecule has 0 spiro atoms. The van der Waals surface area contributed by atoms with Gasteiger partial charge < -0.3 is 10.6 Å². The molecular formula is C32H29BrN6O2. The number of nitrogens with zero attached hydrogens (tertiary/aromatic N) is 4. The van der Waals surface area contributed by atoms with E-state index in [1.54, 1.807) is 6.07 Å². The van der Waals surface area contributed by atoms with Crippen molar-refractivity contribution < 1.29 is 4.79 Å². The zero-order valence-electron chi connectivity index (χ0n) is 22.4. The molecule has 7 rings (SSSR count). The summed E-state index contributed by atoms with van der Waals surface area (Å²) in [4.78, 5) is 38.9. The van der Waals surface area contributed by atoms with Gasteiger partial charge in [-0.15, -0.1) is 0 Å². The van der Waals surface area contributed by atoms with Crippen LogP contribution in [0.1, 0.15) is 59.9 Å². The van der Waals surface area contributed by atoms with E-state index in [0.29, 0.717) is 23.0 Å². The standard InChI is InChI=1S/C32H29BrN6O2/c33-25-17-36-27(22-8-2-1-7-21(22)25)18-39(28-9-3-5-19-6-4-14-35-29(19)28)31(41)32(12-13-32)20-10-11-23-24(15-20)26(16-34)37-38-30(23)40/h1-2,4,6-8,10-11,14-15,17,28H,3,5,9,12-13,16,18,34H2,(H,38,40). The van der Waals surface area contributed by atoms with Crippen molar-refractivity contribution >= 4 is 43.4 Å². The molecule has 1 fully saturated rings. The van der Waals surface area contributed by atoms with Gasteiger partial charge >= 0.3 is 0 Å². The molecule has 41 heavy (non-hydrogen) atoms. The fraction of sp³-hybridized carbons (Fsp3) is 0.281. The average Bonchev–Trinajstić information content (AvgIpc) is 3.83. The summed E-state index contributed by atoms with van der Waals surface area (Å²) in [6.45, 7) is 0.564. The first kappa shape index (κ1) is 26.0. The van der Waals surface area contributed by atoms with E-state index in [2.05, 4.69) is 44.3 Å². The number of benzene rings is 2. The zero-order chi connectivity index (χ0) is 28.1. The monoisotopic (exact) mass is 608 g/mol. The highest BCUT2D eigenvalue weighted by atomic mass is 79.9. The van der Waals surface area contributed by atoms with E-state index in [9.17, 15) is 9.59 Å². The van der Waals surface area contributed by atoms with Crippen LogP contribution >= 0.6 is 15.9 Å². The van der Waals surface area contributed by atoms with Gasteiger partial charge in [-0.3, -0.25) is 19.6 Å². The van der Waals surface area contributed by atoms with E-state index in [4.69, 9.17) is 15.7 Å². The molecule has 9 heteroatoms. The number of aromatic amines is 1. The predicted molar refractivity (Wildman–Crippen MR) is 161 cm³/mol. The summed E-state index contributed by atoms with van der Waals surface area (Å²) >= 11 is 3.64. The van der Waals surface area contributed by atoms with Gasteiger partial charge in [0, 0.05) is 34.2 Å². The number of H-pyrrole nitrogens is 1. The Morgan fingerprint density at radius 1 is 1.02 bits per heavy atom. The lowest BCUT2D eigenvalue weighted by atomic mass is 9.87. The largest absolute Gasteiger partial charge is 0.327 e. The van der Waals surface area contributed by atoms with E-state index in [1.807, 2.05) is 47.6 Å². The number of carbonyl (C=O) groups is 1. The van der Waals surface area contributed by atoms with Crippen LogP contribution in [0.2, 0.25) is 0 Å². The summed E-state index contributed by atoms with van der Waals surface area (Å²) < 4.78 is 0.925. The number of nitrogens with one attached hydrogen (secondary N) is 1. The van der Waals surface area contributed by atoms with Crippen molar-refractivity contribution in [1.82, 2.24) is 25.1 Å². The summed E-state index contributed by atoms with van der Waals surface area (Å²) in [6.07, 6.45) is 7.90. The number of halogens is 1. The smallest absolute Gasteiger partial charge is 0.272 e. The van der Waals surface area contributed by atoms with Crippen molar-refractivity contribution in [3.8, 4) is 0 Å². The van der Waals surface area contributed by atoms with Crippen molar-refractivity contribution in [2.24, 2.45) is 5.73 Å². The lowest BCUT2D eigenvalue weighted by Crippen LogP contribution is -2.43. The van der Waals surface area contributed by atoms with Gasteiger partial charge in [0.1, 0.15) is 0 Å². The fourth-order valence-corrected chi connectivity index (χ4v) is 6.86. The molecule has 0 aliphatic heterocycles. The first-order valence-corrected chi connectivity index (χ1v) is 14.8. The Morgan fingerprint density at radius 2 is 1.85 bits per heavy atom. The lowest BCUT2D eigenvalue weighted by Gasteiger charge is -2.37. The molecule has 1 unspecified atom stereocenters. The molecule has 8 nitrogen and oxygen atoms in total. The lowest BCUT2D eigenvalue weighted by molar-refractivity contribution is -0.137. The highest BCUT2D eigenvalue weighted by molar-refractivity contribution is 9.10. The molecule has 0 bridgehead atoms. The van der Waals surface area contributed by atoms with Gasteiger partial charge in [-0.05, 0) is 82.7 Å². The number of amides is 1. The first-order valence-electron chi connectivity index (χ1n) is 14.0. The summed E-state index contributed by atoms with van der Waals surface area (Å²) in [5.41, 5.74) is 9.55. The third-order valence-corrected chi connectivity index (χ3v) is 9.36. The number of pyridine rings is 2. The van der Waals surface area contributed by atoms with Crippen molar-refractivity contribution in [2.75, 3.05) is 0 Å². The molecule has 1 amide bonds. The fourth-order valence-electron chi connectivity index (χ4n) is 6.41. The maximum Gasteiger partial charge on any atom is 0.272 e. The van der Waals surface area contributed by atoms with Crippen LogP contribution in [0.4, 0.5) is 0 Å². The van der Waals surface area contributed by atoms with Crippen molar-refractivity contribution in [1.29, 1.82) is 0 Å². The summed E-state index contributed by atoms with van der Waals surface area (Å²) in [6, 6.07) is 17.7. The van der Waals surface area contributed by atoms with Gasteiger partial charge in [0.05, 0.1) is 40.5 Å². The summed E-state index contributed by atoms with van der Waals surface area (Å²) in [5.74, 6) is 0.0706. The van der Waals surface area contributed by atoms with E-state index >= 15 is 0 Å². The van der Waals surface area contributed by atoms with Gasteiger partial charge in [0.15, 0.2) is 0 Å². The molecule has 0 saturated heterocycles. The van der Waals surface area contributed by atoms with Crippen molar-refractivity contribution in [3.05, 3.63) is 110 Å². The summed E-state index contributed by atoms with van der Waals surface area (Å²) in [7, 11) is 0. The molecule has 1 saturated carbocycles. The minimum atomic E-state index is -0.680. The molecule has 2 aliphatic carbocycles. The maximum atomic E-state index is 14.9. The Labute approximate surface area is 245 Å². The van der Waals surface area contributed by atoms with E-state index in [-0.39, 0.29) is 24.1 Å². The third kappa shape index (κ3) is 4.35. The van der Waals surface area contributed by atoms with Gasteiger partial charge in [-0.25, -0.2) is 5.10 Å². The Balaban J connectivity index is 1.35. The minimum absolute atomic E-state index is 0.0706. The second kappa shape index (κ2) is 10.2. The zero-order valence-corrected chi connectivity index (χ0v) is 24.0. The predicted octanol–water partition coefficient (Wildman–Crippen LogP) is 5.23. The number of hydrogen-bond donors (Lipinski definition) is 2. The van der Waals surface area contributed by atoms with Crippen LogP contribution in [0.15, 0.2) is 76.3 Å². The number of fused-ring (bicyclic) bond motifs is 3. The molecule has 206 valence electrons. The number of aryl methyl sites for hydroxylation is 1. The third-order valence-electron chi connectivity index (χ3n) is 8.72. The number of carbonyl (C=O) groups excluding carboxylic acids is 1. The Kier molecular flexibility index (Phi) is 6.43. The Bertz CT molecular complexity index is 1880. The van der Waals surface area contributed by atoms with Crippen LogP contribution in [0, 0.1) is 0 Å². The first-order chi connectivity index (χ1) is 20.0. The molecule has 2 aromatic carbocycles. The molecule has 3 heterocycles. The number of hydrogen-bond acceptors (Lipinski definition) is 6. The van der Waals surface area contributed by atoms with E-state index < -0.39 is 5.41 Å². The van der Waals surface area contributed by atoms with Gasteiger partial charge in [-0.2, -0.15) is 5.10 Å². The molecule has 3 N–H and O–H groups in total. The second-order valence-corrected chi connectivity index (χ2v) is 11.9. The molecule has 5 aromatic rings. The van der Waals surface area contributed by atoms with Gasteiger partial charge in [0.2, 0.25) is 5.91 Å². The van der Waals surface area contributed by atoms with E-state index in [0.717, 1.165) is 64.3 Å². The maximum absolute atomic E-state index is 14.9. The number of nitrogens with two attached hydrogens (primary N) is 1. The van der Waals surface area contributed by atoms with Crippen LogP contribution in [0.25, 0.3) is 21.5 Å². The molecule has 1 atom stereocenters. The number of rotatable bonds is 6. The summed E-state index contributed by atoms with van der Waals surface area (Å²) in [5, 5.41) is 10.00. The molecule has 3 aromatic heterocycles. The second-order valence-electron chi connectivity index (χ2n) is 11.0. The van der Waals surface area contributed by atoms with E-state index in [1.165, 1.54) is 5.56 Å². The normalized spacial score (nSPS) is 17.4. The highest BCUT2D eigenvalue weighted by Crippen LogP contribution is 2.52. The van der Waals surface area contributed by atoms with Gasteiger partial charge in [-0.1, -0.05) is 36.4 Å². The van der Waals surface area contributed by atoms with Crippen LogP contribution in [-0.2, 0) is 29.7 Å². The molecular weight excluding hydrogens is 580 g/mol. The van der Waals surface area contributed by atoms with Crippen LogP contribution in [0.3, 0.4) is 0 Å². The van der Waals surface area contributed by atoms with Crippen LogP contribution in [0.5, 0.6) is 0 Å². The van der Waals surface area contributed by atoms with Crippen LogP contribution in [-0.4, -0.2) is 31.0 Å². The average molecular weight is 610 g/mol. The topological polar surface area (TPSA) is 118 Å². The molecule has 2 aliphatic rings. The molecule has 0 radical (unpaired) electrons. The van der Waals surface area contributed by atoms with Crippen molar-refractivity contribution in [3.63, 3.8) is 0 Å². The Morgan fingerprint density at radius 3 is 2.66 bits per heavy atom. The highest BCUT2D eigenvalue weighted by Gasteiger charge is 2.54. The minimum Gasteiger partial charge on any atom is -0.327 e. The van der Waals surface area contributed by atoms with Gasteiger partial charge in [0.25, 0.3) is 5.56 Å². The van der Waals surface area contributed by atoms with Crippen LogP contribution < -0.4 is 11.3 Å². The number of aromatic nitrogens is 4.